The zero-order valence-electron chi connectivity index (χ0n) is 17.1. The summed E-state index contributed by atoms with van der Waals surface area (Å²) in [4.78, 5) is 0. The number of hydrogen-bond donors (Lipinski definition) is 0. The van der Waals surface area contributed by atoms with E-state index in [1.54, 1.807) is 0 Å². The number of nitrogens with zero attached hydrogens (tertiary/aromatic N) is 1. The van der Waals surface area contributed by atoms with Crippen molar-refractivity contribution in [2.45, 2.75) is 0 Å². The van der Waals surface area contributed by atoms with Gasteiger partial charge in [0, 0.05) is 18.9 Å². The van der Waals surface area contributed by atoms with Crippen molar-refractivity contribution < 1.29 is 9.05 Å². The standard InChI is InChI=1S/C25H23NO2P2S/c1-29(24-18-10-4-11-19-24,25-20-12-5-13-21-25)26-30(31,27-22-14-6-2-7-15-22)28-23-16-8-3-9-17-23/h2-21H,1H3. The van der Waals surface area contributed by atoms with E-state index in [0.29, 0.717) is 11.5 Å². The molecule has 0 fully saturated rings. The zero-order chi connectivity index (χ0) is 21.6. The third kappa shape index (κ3) is 5.35. The highest BCUT2D eigenvalue weighted by atomic mass is 32.5. The molecular formula is C25H23NO2P2S. The van der Waals surface area contributed by atoms with Gasteiger partial charge in [0.1, 0.15) is 11.5 Å². The first-order valence-corrected chi connectivity index (χ1v) is 14.7. The molecule has 0 atom stereocenters. The van der Waals surface area contributed by atoms with E-state index in [2.05, 4.69) is 30.9 Å². The van der Waals surface area contributed by atoms with Gasteiger partial charge in [-0.05, 0) is 41.5 Å². The fourth-order valence-corrected chi connectivity index (χ4v) is 10.5. The lowest BCUT2D eigenvalue weighted by Crippen LogP contribution is -2.15. The molecule has 0 bridgehead atoms. The highest BCUT2D eigenvalue weighted by Crippen LogP contribution is 2.60. The molecule has 4 rings (SSSR count). The van der Waals surface area contributed by atoms with E-state index >= 15 is 0 Å². The second-order valence-electron chi connectivity index (χ2n) is 7.00. The second kappa shape index (κ2) is 9.66. The van der Waals surface area contributed by atoms with Crippen LogP contribution in [0.5, 0.6) is 11.5 Å². The maximum atomic E-state index is 6.31. The van der Waals surface area contributed by atoms with Crippen LogP contribution in [0.2, 0.25) is 0 Å². The fraction of sp³-hybridized carbons (Fsp3) is 0.0400. The lowest BCUT2D eigenvalue weighted by molar-refractivity contribution is 0.489. The van der Waals surface area contributed by atoms with Crippen LogP contribution < -0.4 is 19.7 Å². The molecule has 0 spiro atoms. The maximum absolute atomic E-state index is 6.31. The van der Waals surface area contributed by atoms with Crippen LogP contribution in [0.15, 0.2) is 126 Å². The molecule has 6 heteroatoms. The minimum Gasteiger partial charge on any atom is -0.419 e. The first-order chi connectivity index (χ1) is 15.1. The molecule has 0 saturated carbocycles. The Kier molecular flexibility index (Phi) is 6.73. The summed E-state index contributed by atoms with van der Waals surface area (Å²) in [5.74, 6) is 1.30. The molecule has 0 radical (unpaired) electrons. The Morgan fingerprint density at radius 3 is 1.23 bits per heavy atom. The Bertz CT molecular complexity index is 1130. The van der Waals surface area contributed by atoms with Crippen molar-refractivity contribution in [3.05, 3.63) is 121 Å². The molecule has 0 aliphatic carbocycles. The predicted molar refractivity (Wildman–Crippen MR) is 136 cm³/mol. The summed E-state index contributed by atoms with van der Waals surface area (Å²) in [7, 11) is -2.25. The Balaban J connectivity index is 1.89. The zero-order valence-corrected chi connectivity index (χ0v) is 19.7. The number of hydrogen-bond acceptors (Lipinski definition) is 3. The van der Waals surface area contributed by atoms with E-state index in [1.807, 2.05) is 97.1 Å². The summed E-state index contributed by atoms with van der Waals surface area (Å²) >= 11 is 6.04. The molecule has 0 amide bonds. The van der Waals surface area contributed by atoms with E-state index in [-0.39, 0.29) is 0 Å². The van der Waals surface area contributed by atoms with Crippen LogP contribution >= 0.6 is 13.7 Å². The predicted octanol–water partition coefficient (Wildman–Crippen LogP) is 6.85. The SMILES string of the molecule is CP(=NP(=S)(Oc1ccccc1)Oc1ccccc1)(c1ccccc1)c1ccccc1. The molecule has 0 heterocycles. The van der Waals surface area contributed by atoms with E-state index in [0.717, 1.165) is 10.6 Å². The van der Waals surface area contributed by atoms with Gasteiger partial charge < -0.3 is 9.05 Å². The molecule has 31 heavy (non-hydrogen) atoms. The molecule has 156 valence electrons. The second-order valence-corrected chi connectivity index (χ2v) is 13.3. The van der Waals surface area contributed by atoms with Gasteiger partial charge >= 0.3 is 6.64 Å². The van der Waals surface area contributed by atoms with Crippen LogP contribution in [0.3, 0.4) is 0 Å². The molecule has 0 aliphatic rings. The monoisotopic (exact) mass is 463 g/mol. The summed E-state index contributed by atoms with van der Waals surface area (Å²) in [6.45, 7) is -0.940. The van der Waals surface area contributed by atoms with E-state index < -0.39 is 13.7 Å². The van der Waals surface area contributed by atoms with Gasteiger partial charge in [-0.25, -0.2) is 0 Å². The number of rotatable bonds is 7. The largest absolute Gasteiger partial charge is 0.419 e. The molecule has 0 N–H and O–H groups in total. The van der Waals surface area contributed by atoms with Gasteiger partial charge in [0.15, 0.2) is 0 Å². The van der Waals surface area contributed by atoms with Crippen LogP contribution in [0.4, 0.5) is 0 Å². The third-order valence-electron chi connectivity index (χ3n) is 4.73. The average molecular weight is 463 g/mol. The van der Waals surface area contributed by atoms with Gasteiger partial charge in [-0.3, -0.25) is 0 Å². The number of benzene rings is 4. The molecule has 3 nitrogen and oxygen atoms in total. The van der Waals surface area contributed by atoms with Gasteiger partial charge in [-0.2, -0.15) is 4.52 Å². The lowest BCUT2D eigenvalue weighted by Gasteiger charge is -2.27. The van der Waals surface area contributed by atoms with Crippen LogP contribution in [-0.2, 0) is 11.8 Å². The minimum atomic E-state index is -3.11. The van der Waals surface area contributed by atoms with Crippen molar-refractivity contribution in [2.75, 3.05) is 6.66 Å². The Labute approximate surface area is 189 Å². The fourth-order valence-electron chi connectivity index (χ4n) is 3.19. The molecule has 0 unspecified atom stereocenters. The van der Waals surface area contributed by atoms with E-state index in [9.17, 15) is 0 Å². The van der Waals surface area contributed by atoms with Crippen LogP contribution in [0.1, 0.15) is 0 Å². The third-order valence-corrected chi connectivity index (χ3v) is 11.6. The summed E-state index contributed by atoms with van der Waals surface area (Å²) < 4.78 is 17.9. The maximum Gasteiger partial charge on any atom is 0.413 e. The topological polar surface area (TPSA) is 30.8 Å². The van der Waals surface area contributed by atoms with Gasteiger partial charge in [0.2, 0.25) is 0 Å². The van der Waals surface area contributed by atoms with Crippen molar-refractivity contribution in [3.8, 4) is 11.5 Å². The Morgan fingerprint density at radius 2 is 0.871 bits per heavy atom. The van der Waals surface area contributed by atoms with Crippen molar-refractivity contribution in [3.63, 3.8) is 0 Å². The summed E-state index contributed by atoms with van der Waals surface area (Å²) in [6, 6.07) is 39.7. The van der Waals surface area contributed by atoms with Crippen LogP contribution in [0.25, 0.3) is 0 Å². The van der Waals surface area contributed by atoms with Crippen molar-refractivity contribution in [1.82, 2.24) is 0 Å². The van der Waals surface area contributed by atoms with Crippen LogP contribution in [0, 0.1) is 0 Å². The Morgan fingerprint density at radius 1 is 0.548 bits per heavy atom. The highest BCUT2D eigenvalue weighted by molar-refractivity contribution is 8.11. The number of para-hydroxylation sites is 2. The molecule has 0 saturated heterocycles. The van der Waals surface area contributed by atoms with E-state index in [4.69, 9.17) is 25.4 Å². The Hall–Kier alpha value is -2.64. The first-order valence-electron chi connectivity index (χ1n) is 9.89. The van der Waals surface area contributed by atoms with E-state index in [1.165, 1.54) is 0 Å². The smallest absolute Gasteiger partial charge is 0.413 e. The normalized spacial score (nSPS) is 11.5. The summed E-state index contributed by atoms with van der Waals surface area (Å²) in [5, 5.41) is 2.26. The summed E-state index contributed by atoms with van der Waals surface area (Å²) in [6.07, 6.45) is 0. The first kappa shape index (κ1) is 21.6. The molecular weight excluding hydrogens is 440 g/mol. The average Bonchev–Trinajstić information content (AvgIpc) is 2.81. The van der Waals surface area contributed by atoms with Gasteiger partial charge in [0.05, 0.1) is 0 Å². The molecule has 0 aromatic heterocycles. The van der Waals surface area contributed by atoms with Gasteiger partial charge in [-0.15, -0.1) is 0 Å². The lowest BCUT2D eigenvalue weighted by atomic mass is 10.3. The minimum absolute atomic E-state index is 0.651. The van der Waals surface area contributed by atoms with Crippen molar-refractivity contribution in [2.24, 2.45) is 4.52 Å². The quantitative estimate of drug-likeness (QED) is 0.281. The van der Waals surface area contributed by atoms with Gasteiger partial charge in [-0.1, -0.05) is 97.1 Å². The van der Waals surface area contributed by atoms with Crippen LogP contribution in [-0.4, -0.2) is 6.66 Å². The molecule has 4 aromatic carbocycles. The van der Waals surface area contributed by atoms with Gasteiger partial charge in [0.25, 0.3) is 0 Å². The molecule has 0 aliphatic heterocycles. The van der Waals surface area contributed by atoms with Crippen molar-refractivity contribution in [1.29, 1.82) is 0 Å². The van der Waals surface area contributed by atoms with Crippen molar-refractivity contribution >= 4 is 36.1 Å². The highest BCUT2D eigenvalue weighted by Gasteiger charge is 2.29. The summed E-state index contributed by atoms with van der Waals surface area (Å²) in [5.41, 5.74) is 0. The molecule has 4 aromatic rings.